The number of carboxylic acid groups (broad SMARTS) is 1. The molecule has 2 aliphatic heterocycles. The molecule has 0 spiro atoms. The van der Waals surface area contributed by atoms with Crippen LogP contribution in [0.15, 0.2) is 110 Å². The van der Waals surface area contributed by atoms with Gasteiger partial charge in [-0.05, 0) is 92.9 Å². The van der Waals surface area contributed by atoms with Crippen molar-refractivity contribution in [2.45, 2.75) is 37.8 Å². The summed E-state index contributed by atoms with van der Waals surface area (Å²) in [5, 5.41) is 34.3. The van der Waals surface area contributed by atoms with Crippen LogP contribution in [0.5, 0.6) is 11.5 Å². The summed E-state index contributed by atoms with van der Waals surface area (Å²) in [6, 6.07) is 20.7. The van der Waals surface area contributed by atoms with Crippen LogP contribution in [0.3, 0.4) is 0 Å². The van der Waals surface area contributed by atoms with E-state index >= 15 is 0 Å². The number of nitro groups is 2. The second-order valence-electron chi connectivity index (χ2n) is 13.5. The topological polar surface area (TPSA) is 279 Å². The van der Waals surface area contributed by atoms with E-state index in [1.807, 2.05) is 0 Å². The van der Waals surface area contributed by atoms with E-state index in [0.717, 1.165) is 19.4 Å². The van der Waals surface area contributed by atoms with Gasteiger partial charge in [-0.15, -0.1) is 12.4 Å². The number of carbonyl (C=O) groups excluding carboxylic acids is 3. The quantitative estimate of drug-likeness (QED) is 0.0622. The predicted octanol–water partition coefficient (Wildman–Crippen LogP) is 5.92. The van der Waals surface area contributed by atoms with Crippen molar-refractivity contribution in [2.24, 2.45) is 0 Å². The highest BCUT2D eigenvalue weighted by molar-refractivity contribution is 7.59. The van der Waals surface area contributed by atoms with Gasteiger partial charge in [-0.1, -0.05) is 12.1 Å². The first-order valence-corrected chi connectivity index (χ1v) is 19.3. The zero-order valence-corrected chi connectivity index (χ0v) is 37.4. The Morgan fingerprint density at radius 1 is 0.667 bits per heavy atom. The molecule has 2 fully saturated rings. The van der Waals surface area contributed by atoms with Gasteiger partial charge in [-0.3, -0.25) is 44.8 Å². The monoisotopic (exact) mass is 966 g/mol. The van der Waals surface area contributed by atoms with E-state index in [4.69, 9.17) is 24.1 Å². The SMILES string of the molecule is Cl.O=C(O)c1ccccn1.O=C(OCOc1ccc([N+](=O)[O-])c2cccnc12)C1CCCN1.O=C(OCOc1ccc([N+](=O)[O-])c2cccnc12)[C@@H]1CCCN1C(=O)c1ccccn1.S.S. The molecule has 0 bridgehead atoms. The Hall–Kier alpha value is -7.21. The van der Waals surface area contributed by atoms with Crippen LogP contribution in [0, 0.1) is 20.2 Å². The van der Waals surface area contributed by atoms with Gasteiger partial charge < -0.3 is 34.3 Å². The van der Waals surface area contributed by atoms with Crippen molar-refractivity contribution in [3.63, 3.8) is 0 Å². The molecule has 6 aromatic rings. The van der Waals surface area contributed by atoms with Gasteiger partial charge in [0.05, 0.1) is 20.6 Å². The number of nitrogens with zero attached hydrogens (tertiary/aromatic N) is 7. The average Bonchev–Trinajstić information content (AvgIpc) is 4.04. The van der Waals surface area contributed by atoms with E-state index < -0.39 is 34.6 Å². The fourth-order valence-electron chi connectivity index (χ4n) is 6.58. The highest BCUT2D eigenvalue weighted by Crippen LogP contribution is 2.32. The fraction of sp³-hybridized carbons (Fsp3) is 0.238. The molecule has 0 aliphatic carbocycles. The maximum atomic E-state index is 12.7. The molecule has 348 valence electrons. The number of non-ortho nitro benzene ring substituents is 2. The van der Waals surface area contributed by atoms with Crippen molar-refractivity contribution in [3.05, 3.63) is 141 Å². The van der Waals surface area contributed by atoms with Crippen LogP contribution >= 0.6 is 39.4 Å². The Kier molecular flexibility index (Phi) is 20.9. The lowest BCUT2D eigenvalue weighted by atomic mass is 10.1. The number of aromatic carboxylic acids is 1. The number of ether oxygens (including phenoxy) is 4. The van der Waals surface area contributed by atoms with Crippen molar-refractivity contribution in [2.75, 3.05) is 26.7 Å². The zero-order chi connectivity index (χ0) is 44.7. The molecule has 2 aliphatic rings. The van der Waals surface area contributed by atoms with Crippen LogP contribution in [-0.4, -0.2) is 102 Å². The molecular weight excluding hydrogens is 924 g/mol. The first-order chi connectivity index (χ1) is 30.5. The molecule has 66 heavy (non-hydrogen) atoms. The van der Waals surface area contributed by atoms with E-state index in [9.17, 15) is 39.4 Å². The van der Waals surface area contributed by atoms with Gasteiger partial charge in [0, 0.05) is 43.5 Å². The molecule has 2 aromatic carbocycles. The van der Waals surface area contributed by atoms with Crippen LogP contribution in [0.4, 0.5) is 11.4 Å². The van der Waals surface area contributed by atoms with Crippen molar-refractivity contribution in [1.82, 2.24) is 30.2 Å². The smallest absolute Gasteiger partial charge is 0.354 e. The first-order valence-electron chi connectivity index (χ1n) is 19.3. The third-order valence-corrected chi connectivity index (χ3v) is 9.54. The summed E-state index contributed by atoms with van der Waals surface area (Å²) < 4.78 is 21.3. The van der Waals surface area contributed by atoms with Gasteiger partial charge in [0.15, 0.2) is 0 Å². The van der Waals surface area contributed by atoms with Crippen molar-refractivity contribution in [3.8, 4) is 11.5 Å². The van der Waals surface area contributed by atoms with Gasteiger partial charge >= 0.3 is 17.9 Å². The van der Waals surface area contributed by atoms with Gasteiger partial charge in [0.1, 0.15) is 46.0 Å². The lowest BCUT2D eigenvalue weighted by molar-refractivity contribution is -0.383. The number of pyridine rings is 4. The molecule has 21 nitrogen and oxygen atoms in total. The molecule has 0 saturated carbocycles. The van der Waals surface area contributed by atoms with E-state index in [2.05, 4.69) is 25.3 Å². The average molecular weight is 967 g/mol. The number of hydrogen-bond acceptors (Lipinski definition) is 17. The minimum absolute atomic E-state index is 0. The molecule has 1 unspecified atom stereocenters. The number of fused-ring (bicyclic) bond motifs is 2. The number of aromatic nitrogens is 4. The molecule has 6 heterocycles. The zero-order valence-electron chi connectivity index (χ0n) is 34.6. The standard InChI is InChI=1S/C21H18N4O6.C15H15N3O5.C6H5NO2.ClH.2H2S/c26-20(15-6-1-2-10-22-15)24-12-4-7-17(24)21(27)31-13-30-18-9-8-16(25(28)29)14-5-3-11-23-19(14)18;19-15(11-4-2-7-16-11)23-9-22-13-6-5-12(18(20)21)10-3-1-8-17-14(10)13;8-6(9)5-3-1-2-4-7-5;;;/h1-3,5-6,8-11,17H,4,7,12-13H2;1,3,5-6,8,11,16H,2,4,7,9H2;1-4H,(H,8,9);1H;2*1H2/t17-;;;;;/m0...../s1. The Morgan fingerprint density at radius 3 is 1.64 bits per heavy atom. The summed E-state index contributed by atoms with van der Waals surface area (Å²) in [6.07, 6.45) is 8.84. The minimum Gasteiger partial charge on any atom is -0.477 e. The number of likely N-dealkylation sites (tertiary alicyclic amines) is 1. The summed E-state index contributed by atoms with van der Waals surface area (Å²) in [6.45, 7) is 0.565. The highest BCUT2D eigenvalue weighted by atomic mass is 35.5. The summed E-state index contributed by atoms with van der Waals surface area (Å²) in [5.41, 5.74) is 0.853. The first kappa shape index (κ1) is 53.1. The number of nitro benzene ring substituents is 2. The Morgan fingerprint density at radius 2 is 1.18 bits per heavy atom. The number of carbonyl (C=O) groups is 4. The summed E-state index contributed by atoms with van der Waals surface area (Å²) in [7, 11) is 0. The predicted molar refractivity (Wildman–Crippen MR) is 248 cm³/mol. The Bertz CT molecular complexity index is 2620. The number of halogens is 1. The number of rotatable bonds is 12. The molecule has 8 rings (SSSR count). The summed E-state index contributed by atoms with van der Waals surface area (Å²) >= 11 is 0. The van der Waals surface area contributed by atoms with Crippen LogP contribution < -0.4 is 14.8 Å². The maximum Gasteiger partial charge on any atom is 0.354 e. The van der Waals surface area contributed by atoms with E-state index in [1.54, 1.807) is 54.6 Å². The van der Waals surface area contributed by atoms with Crippen molar-refractivity contribution in [1.29, 1.82) is 0 Å². The highest BCUT2D eigenvalue weighted by Gasteiger charge is 2.36. The number of esters is 2. The number of hydrogen-bond donors (Lipinski definition) is 2. The number of benzene rings is 2. The molecule has 2 saturated heterocycles. The number of nitrogens with one attached hydrogen (secondary N) is 1. The van der Waals surface area contributed by atoms with Crippen molar-refractivity contribution < 1.29 is 53.1 Å². The third-order valence-electron chi connectivity index (χ3n) is 9.54. The molecule has 4 aromatic heterocycles. The molecule has 24 heteroatoms. The van der Waals surface area contributed by atoms with E-state index in [0.29, 0.717) is 46.9 Å². The maximum absolute atomic E-state index is 12.7. The van der Waals surface area contributed by atoms with Gasteiger partial charge in [-0.2, -0.15) is 27.0 Å². The number of amides is 1. The minimum atomic E-state index is -0.990. The van der Waals surface area contributed by atoms with E-state index in [1.165, 1.54) is 60.0 Å². The fourth-order valence-corrected chi connectivity index (χ4v) is 6.58. The van der Waals surface area contributed by atoms with Gasteiger partial charge in [0.25, 0.3) is 17.3 Å². The summed E-state index contributed by atoms with van der Waals surface area (Å²) in [5.74, 6) is -1.68. The number of carboxylic acids is 1. The van der Waals surface area contributed by atoms with Crippen LogP contribution in [0.25, 0.3) is 21.8 Å². The van der Waals surface area contributed by atoms with Gasteiger partial charge in [0.2, 0.25) is 13.6 Å². The van der Waals surface area contributed by atoms with Crippen LogP contribution in [0.1, 0.15) is 46.7 Å². The Labute approximate surface area is 395 Å². The molecule has 2 atom stereocenters. The van der Waals surface area contributed by atoms with Crippen molar-refractivity contribution >= 4 is 96.4 Å². The van der Waals surface area contributed by atoms with Crippen LogP contribution in [0.2, 0.25) is 0 Å². The lowest BCUT2D eigenvalue weighted by Gasteiger charge is -2.22. The molecule has 2 N–H and O–H groups in total. The second-order valence-corrected chi connectivity index (χ2v) is 13.5. The Balaban J connectivity index is 0.000000291. The van der Waals surface area contributed by atoms with Crippen LogP contribution in [-0.2, 0) is 19.1 Å². The molecule has 1 amide bonds. The molecular formula is C42H43ClN8O13S2. The normalized spacial score (nSPS) is 14.5. The largest absolute Gasteiger partial charge is 0.477 e. The lowest BCUT2D eigenvalue weighted by Crippen LogP contribution is -2.42. The van der Waals surface area contributed by atoms with Gasteiger partial charge in [-0.25, -0.2) is 14.6 Å². The second kappa shape index (κ2) is 25.9. The van der Waals surface area contributed by atoms with E-state index in [-0.39, 0.29) is 92.6 Å². The third kappa shape index (κ3) is 13.7. The molecule has 0 radical (unpaired) electrons. The summed E-state index contributed by atoms with van der Waals surface area (Å²) in [4.78, 5) is 85.7.